The van der Waals surface area contributed by atoms with Crippen molar-refractivity contribution in [3.05, 3.63) is 77.3 Å². The molecule has 0 aromatic carbocycles. The Balaban J connectivity index is 1.89. The lowest BCUT2D eigenvalue weighted by atomic mass is 10.0. The number of likely N-dealkylation sites (tertiary alicyclic amines) is 1. The molecule has 1 fully saturated rings. The number of nitrogens with zero attached hydrogens (tertiary/aromatic N) is 3. The van der Waals surface area contributed by atoms with Gasteiger partial charge in [-0.05, 0) is 39.3 Å². The van der Waals surface area contributed by atoms with E-state index >= 15 is 0 Å². The summed E-state index contributed by atoms with van der Waals surface area (Å²) in [6.45, 7) is 9.86. The molecule has 0 N–H and O–H groups in total. The van der Waals surface area contributed by atoms with Gasteiger partial charge in [0.25, 0.3) is 5.91 Å². The van der Waals surface area contributed by atoms with Crippen LogP contribution in [0.5, 0.6) is 0 Å². The van der Waals surface area contributed by atoms with Crippen LogP contribution in [0.1, 0.15) is 32.8 Å². The third-order valence-corrected chi connectivity index (χ3v) is 6.13. The van der Waals surface area contributed by atoms with E-state index in [0.29, 0.717) is 18.7 Å². The predicted octanol–water partition coefficient (Wildman–Crippen LogP) is 6.25. The van der Waals surface area contributed by atoms with Gasteiger partial charge < -0.3 is 14.2 Å². The maximum atomic E-state index is 13.7. The van der Waals surface area contributed by atoms with Crippen LogP contribution in [0, 0.1) is 5.92 Å². The number of hydrogen-bond donors (Lipinski definition) is 0. The lowest BCUT2D eigenvalue weighted by molar-refractivity contribution is -0.126. The van der Waals surface area contributed by atoms with Crippen LogP contribution in [-0.4, -0.2) is 40.7 Å². The fourth-order valence-corrected chi connectivity index (χ4v) is 3.95. The van der Waals surface area contributed by atoms with Gasteiger partial charge in [0.1, 0.15) is 5.16 Å². The van der Waals surface area contributed by atoms with Crippen molar-refractivity contribution in [2.75, 3.05) is 13.1 Å². The van der Waals surface area contributed by atoms with Crippen LogP contribution < -0.4 is 0 Å². The first-order valence-corrected chi connectivity index (χ1v) is 10.7. The number of alkyl halides is 3. The maximum absolute atomic E-state index is 13.7. The van der Waals surface area contributed by atoms with Crippen molar-refractivity contribution in [3.63, 3.8) is 0 Å². The molecule has 176 valence electrons. The Kier molecular flexibility index (Phi) is 7.37. The van der Waals surface area contributed by atoms with E-state index in [4.69, 9.17) is 16.0 Å². The van der Waals surface area contributed by atoms with E-state index < -0.39 is 11.7 Å². The number of hydrogen-bond acceptors (Lipinski definition) is 4. The fourth-order valence-electron chi connectivity index (χ4n) is 3.72. The quantitative estimate of drug-likeness (QED) is 0.285. The summed E-state index contributed by atoms with van der Waals surface area (Å²) in [5.41, 5.74) is 0.429. The van der Waals surface area contributed by atoms with Crippen LogP contribution in [0.15, 0.2) is 81.1 Å². The lowest BCUT2D eigenvalue weighted by Crippen LogP contribution is -2.32. The van der Waals surface area contributed by atoms with Crippen molar-refractivity contribution in [1.29, 1.82) is 0 Å². The van der Waals surface area contributed by atoms with Crippen molar-refractivity contribution in [2.45, 2.75) is 33.4 Å². The summed E-state index contributed by atoms with van der Waals surface area (Å²) in [5, 5.41) is -0.136. The molecule has 1 atom stereocenters. The Hall–Kier alpha value is -3.00. The summed E-state index contributed by atoms with van der Waals surface area (Å²) in [7, 11) is 0. The van der Waals surface area contributed by atoms with E-state index in [1.807, 2.05) is 19.9 Å². The highest BCUT2D eigenvalue weighted by Gasteiger charge is 2.40. The van der Waals surface area contributed by atoms with Crippen molar-refractivity contribution >= 4 is 28.8 Å². The minimum absolute atomic E-state index is 0.119. The van der Waals surface area contributed by atoms with Crippen LogP contribution in [0.25, 0.3) is 5.57 Å². The first-order valence-electron chi connectivity index (χ1n) is 10.4. The number of aliphatic imine (C=N–C) groups is 1. The number of rotatable bonds is 5. The topological polar surface area (TPSA) is 49.1 Å². The molecule has 0 aliphatic carbocycles. The van der Waals surface area contributed by atoms with Crippen molar-refractivity contribution in [1.82, 2.24) is 9.80 Å². The Morgan fingerprint density at radius 2 is 2.09 bits per heavy atom. The molecule has 5 nitrogen and oxygen atoms in total. The number of carbonyl (C=O) groups is 1. The van der Waals surface area contributed by atoms with Crippen molar-refractivity contribution < 1.29 is 22.4 Å². The third-order valence-electron chi connectivity index (χ3n) is 5.66. The van der Waals surface area contributed by atoms with Crippen LogP contribution >= 0.6 is 11.6 Å². The van der Waals surface area contributed by atoms with E-state index in [1.165, 1.54) is 25.7 Å². The van der Waals surface area contributed by atoms with E-state index in [1.54, 1.807) is 17.2 Å². The van der Waals surface area contributed by atoms with E-state index in [-0.39, 0.29) is 33.8 Å². The molecular weight excluding hydrogens is 455 g/mol. The van der Waals surface area contributed by atoms with Gasteiger partial charge in [-0.1, -0.05) is 24.3 Å². The summed E-state index contributed by atoms with van der Waals surface area (Å²) in [6.07, 6.45) is 4.74. The highest BCUT2D eigenvalue weighted by Crippen LogP contribution is 2.41. The molecule has 3 heterocycles. The highest BCUT2D eigenvalue weighted by molar-refractivity contribution is 6.31. The standard InChI is InChI=1S/C24H25ClF3N3O2/c1-5-8-29-16(3)18-6-9-30(12-18)23(32)15(2)22(25)31-13-20(19-7-10-33-14-19)11-21(17(31)4)24(26,27)28/h5,7-8,10-11,13-14,18H,4,6,9,12H2,1-3H3/b8-5-,22-15+,29-16+. The summed E-state index contributed by atoms with van der Waals surface area (Å²) in [5.74, 6) is -0.218. The molecule has 33 heavy (non-hydrogen) atoms. The molecular formula is C24H25ClF3N3O2. The molecule has 1 saturated heterocycles. The molecule has 0 radical (unpaired) electrons. The van der Waals surface area contributed by atoms with Crippen molar-refractivity contribution in [2.24, 2.45) is 10.9 Å². The summed E-state index contributed by atoms with van der Waals surface area (Å²) in [4.78, 5) is 20.2. The van der Waals surface area contributed by atoms with Gasteiger partial charge in [-0.15, -0.1) is 0 Å². The van der Waals surface area contributed by atoms with Gasteiger partial charge >= 0.3 is 6.18 Å². The second kappa shape index (κ2) is 9.87. The van der Waals surface area contributed by atoms with Gasteiger partial charge in [0, 0.05) is 53.8 Å². The van der Waals surface area contributed by atoms with E-state index in [9.17, 15) is 18.0 Å². The summed E-state index contributed by atoms with van der Waals surface area (Å²) in [6, 6.07) is 1.54. The lowest BCUT2D eigenvalue weighted by Gasteiger charge is -2.31. The fraction of sp³-hybridized carbons (Fsp3) is 0.333. The first-order chi connectivity index (χ1) is 15.5. The Morgan fingerprint density at radius 3 is 2.70 bits per heavy atom. The zero-order valence-electron chi connectivity index (χ0n) is 18.6. The van der Waals surface area contributed by atoms with Crippen LogP contribution in [-0.2, 0) is 4.79 Å². The molecule has 2 aliphatic rings. The molecule has 1 aromatic rings. The summed E-state index contributed by atoms with van der Waals surface area (Å²) >= 11 is 6.49. The van der Waals surface area contributed by atoms with Crippen LogP contribution in [0.3, 0.4) is 0 Å². The number of amides is 1. The zero-order valence-corrected chi connectivity index (χ0v) is 19.4. The number of furan rings is 1. The van der Waals surface area contributed by atoms with Gasteiger partial charge in [0.15, 0.2) is 0 Å². The van der Waals surface area contributed by atoms with Gasteiger partial charge in [0.2, 0.25) is 0 Å². The largest absolute Gasteiger partial charge is 0.472 e. The second-order valence-corrected chi connectivity index (χ2v) is 8.23. The van der Waals surface area contributed by atoms with Gasteiger partial charge in [-0.2, -0.15) is 13.2 Å². The Labute approximate surface area is 195 Å². The molecule has 1 amide bonds. The SMILES string of the molecule is C=C1C(C(F)(F)F)=CC(c2ccoc2)=CN1/C(Cl)=C(\C)C(=O)N1CCC(/C(C)=N/C=C\C)C1. The van der Waals surface area contributed by atoms with E-state index in [0.717, 1.165) is 23.1 Å². The monoisotopic (exact) mass is 479 g/mol. The molecule has 0 bridgehead atoms. The van der Waals surface area contributed by atoms with Gasteiger partial charge in [0.05, 0.1) is 23.8 Å². The van der Waals surface area contributed by atoms with E-state index in [2.05, 4.69) is 11.6 Å². The Bertz CT molecular complexity index is 1080. The number of carbonyl (C=O) groups excluding carboxylic acids is 1. The second-order valence-electron chi connectivity index (χ2n) is 7.87. The first kappa shape index (κ1) is 24.6. The van der Waals surface area contributed by atoms with Gasteiger partial charge in [-0.3, -0.25) is 9.79 Å². The molecule has 1 aromatic heterocycles. The Morgan fingerprint density at radius 1 is 1.36 bits per heavy atom. The number of allylic oxidation sites excluding steroid dienone is 4. The third kappa shape index (κ3) is 5.33. The highest BCUT2D eigenvalue weighted by atomic mass is 35.5. The zero-order chi connectivity index (χ0) is 24.3. The molecule has 0 saturated carbocycles. The van der Waals surface area contributed by atoms with Crippen LogP contribution in [0.2, 0.25) is 0 Å². The average molecular weight is 480 g/mol. The minimum atomic E-state index is -4.65. The molecule has 1 unspecified atom stereocenters. The van der Waals surface area contributed by atoms with Crippen LogP contribution in [0.4, 0.5) is 13.2 Å². The molecule has 9 heteroatoms. The molecule has 3 rings (SSSR count). The molecule has 0 spiro atoms. The number of halogens is 4. The maximum Gasteiger partial charge on any atom is 0.418 e. The van der Waals surface area contributed by atoms with Crippen molar-refractivity contribution in [3.8, 4) is 0 Å². The van der Waals surface area contributed by atoms with Gasteiger partial charge in [-0.25, -0.2) is 0 Å². The normalized spacial score (nSPS) is 20.9. The average Bonchev–Trinajstić information content (AvgIpc) is 3.47. The predicted molar refractivity (Wildman–Crippen MR) is 123 cm³/mol. The molecule has 2 aliphatic heterocycles. The minimum Gasteiger partial charge on any atom is -0.472 e. The smallest absolute Gasteiger partial charge is 0.418 e. The summed E-state index contributed by atoms with van der Waals surface area (Å²) < 4.78 is 46.1.